The summed E-state index contributed by atoms with van der Waals surface area (Å²) < 4.78 is 28.0. The highest BCUT2D eigenvalue weighted by molar-refractivity contribution is 6.02. The van der Waals surface area contributed by atoms with Crippen LogP contribution in [0.4, 0.5) is 8.78 Å². The summed E-state index contributed by atoms with van der Waals surface area (Å²) in [6, 6.07) is 11.3. The Bertz CT molecular complexity index is 955. The third-order valence-electron chi connectivity index (χ3n) is 3.57. The first-order valence-corrected chi connectivity index (χ1v) is 7.25. The van der Waals surface area contributed by atoms with Crippen LogP contribution in [0.1, 0.15) is 27.7 Å². The fourth-order valence-corrected chi connectivity index (χ4v) is 2.34. The third kappa shape index (κ3) is 3.26. The number of nitrogens with zero attached hydrogens (tertiary/aromatic N) is 5. The number of carbonyl (C=O) groups excluding carboxylic acids is 1. The molecule has 2 aromatic carbocycles. The molecular formula is C17H11F2N5O. The molecule has 3 rings (SSSR count). The Morgan fingerprint density at radius 2 is 1.80 bits per heavy atom. The van der Waals surface area contributed by atoms with Crippen molar-refractivity contribution in [3.63, 3.8) is 0 Å². The lowest BCUT2D eigenvalue weighted by atomic mass is 9.97. The average molecular weight is 339 g/mol. The number of nitriles is 1. The van der Waals surface area contributed by atoms with Gasteiger partial charge in [-0.1, -0.05) is 17.7 Å². The minimum absolute atomic E-state index is 0.0268. The maximum Gasteiger partial charge on any atom is 0.188 e. The summed E-state index contributed by atoms with van der Waals surface area (Å²) in [5.74, 6) is -4.03. The predicted molar refractivity (Wildman–Crippen MR) is 82.9 cm³/mol. The minimum Gasteiger partial charge on any atom is -0.292 e. The van der Waals surface area contributed by atoms with E-state index in [1.165, 1.54) is 4.68 Å². The van der Waals surface area contributed by atoms with Gasteiger partial charge in [-0.3, -0.25) is 4.79 Å². The van der Waals surface area contributed by atoms with Crippen molar-refractivity contribution in [2.24, 2.45) is 0 Å². The second-order valence-corrected chi connectivity index (χ2v) is 5.37. The lowest BCUT2D eigenvalue weighted by Gasteiger charge is -2.09. The van der Waals surface area contributed by atoms with Gasteiger partial charge < -0.3 is 0 Å². The zero-order valence-electron chi connectivity index (χ0n) is 13.0. The van der Waals surface area contributed by atoms with Crippen LogP contribution in [0, 0.1) is 29.9 Å². The van der Waals surface area contributed by atoms with Gasteiger partial charge in [-0.2, -0.15) is 9.94 Å². The second-order valence-electron chi connectivity index (χ2n) is 5.37. The first-order chi connectivity index (χ1) is 12.0. The van der Waals surface area contributed by atoms with E-state index < -0.39 is 23.3 Å². The van der Waals surface area contributed by atoms with E-state index in [9.17, 15) is 18.8 Å². The molecule has 1 unspecified atom stereocenters. The Morgan fingerprint density at radius 1 is 1.16 bits per heavy atom. The van der Waals surface area contributed by atoms with Gasteiger partial charge in [0.05, 0.1) is 11.8 Å². The molecule has 0 saturated carbocycles. The Morgan fingerprint density at radius 3 is 2.40 bits per heavy atom. The van der Waals surface area contributed by atoms with Crippen molar-refractivity contribution in [3.05, 3.63) is 71.1 Å². The Kier molecular flexibility index (Phi) is 4.31. The molecule has 0 radical (unpaired) electrons. The van der Waals surface area contributed by atoms with Gasteiger partial charge in [0.25, 0.3) is 0 Å². The summed E-state index contributed by atoms with van der Waals surface area (Å²) in [5, 5.41) is 20.5. The number of aromatic nitrogens is 4. The first kappa shape index (κ1) is 16.4. The molecule has 0 aliphatic carbocycles. The summed E-state index contributed by atoms with van der Waals surface area (Å²) in [4.78, 5) is 12.6. The van der Waals surface area contributed by atoms with E-state index in [4.69, 9.17) is 0 Å². The number of ketones is 1. The number of carbonyl (C=O) groups is 1. The van der Waals surface area contributed by atoms with Crippen molar-refractivity contribution in [1.82, 2.24) is 20.2 Å². The molecule has 1 atom stereocenters. The highest BCUT2D eigenvalue weighted by Crippen LogP contribution is 2.22. The molecule has 1 aromatic heterocycles. The lowest BCUT2D eigenvalue weighted by molar-refractivity contribution is 0.0974. The number of hydrogen-bond donors (Lipinski definition) is 0. The maximum absolute atomic E-state index is 13.4. The molecule has 0 spiro atoms. The fourth-order valence-electron chi connectivity index (χ4n) is 2.34. The Balaban J connectivity index is 2.02. The molecule has 3 aromatic rings. The first-order valence-electron chi connectivity index (χ1n) is 7.25. The molecule has 0 saturated heterocycles. The number of benzene rings is 2. The van der Waals surface area contributed by atoms with Crippen LogP contribution >= 0.6 is 0 Å². The Hall–Kier alpha value is -3.47. The molecule has 0 aliphatic heterocycles. The fraction of sp³-hybridized carbons (Fsp3) is 0.118. The predicted octanol–water partition coefficient (Wildman–Crippen LogP) is 2.74. The highest BCUT2D eigenvalue weighted by Gasteiger charge is 2.29. The van der Waals surface area contributed by atoms with E-state index in [0.29, 0.717) is 11.8 Å². The highest BCUT2D eigenvalue weighted by atomic mass is 19.1. The maximum atomic E-state index is 13.4. The summed E-state index contributed by atoms with van der Waals surface area (Å²) in [6.07, 6.45) is 0. The van der Waals surface area contributed by atoms with Gasteiger partial charge in [-0.05, 0) is 41.6 Å². The summed E-state index contributed by atoms with van der Waals surface area (Å²) in [7, 11) is 0. The van der Waals surface area contributed by atoms with Crippen LogP contribution in [0.5, 0.6) is 0 Å². The number of aryl methyl sites for hydroxylation is 1. The van der Waals surface area contributed by atoms with Crippen molar-refractivity contribution in [1.29, 1.82) is 5.26 Å². The van der Waals surface area contributed by atoms with E-state index in [2.05, 4.69) is 15.5 Å². The standard InChI is InChI=1S/C17H11F2N5O/c1-10-2-4-14(5-3-10)24-17(21-22-23-24)15(9-20)16(25)11-6-12(18)8-13(19)7-11/h2-8,15H,1H3. The van der Waals surface area contributed by atoms with Gasteiger partial charge in [-0.15, -0.1) is 5.10 Å². The van der Waals surface area contributed by atoms with Gasteiger partial charge in [0.1, 0.15) is 11.6 Å². The van der Waals surface area contributed by atoms with E-state index in [1.54, 1.807) is 18.2 Å². The van der Waals surface area contributed by atoms with Crippen molar-refractivity contribution in [3.8, 4) is 11.8 Å². The molecule has 0 aliphatic rings. The number of halogens is 2. The van der Waals surface area contributed by atoms with Gasteiger partial charge in [0.2, 0.25) is 0 Å². The molecule has 124 valence electrons. The van der Waals surface area contributed by atoms with E-state index >= 15 is 0 Å². The van der Waals surface area contributed by atoms with Crippen LogP contribution in [0.2, 0.25) is 0 Å². The molecule has 8 heteroatoms. The van der Waals surface area contributed by atoms with Crippen molar-refractivity contribution in [2.75, 3.05) is 0 Å². The van der Waals surface area contributed by atoms with Gasteiger partial charge in [0, 0.05) is 11.6 Å². The number of hydrogen-bond acceptors (Lipinski definition) is 5. The average Bonchev–Trinajstić information content (AvgIpc) is 3.04. The molecule has 0 fully saturated rings. The van der Waals surface area contributed by atoms with Crippen molar-refractivity contribution >= 4 is 5.78 Å². The topological polar surface area (TPSA) is 84.5 Å². The molecular weight excluding hydrogens is 328 g/mol. The summed E-state index contributed by atoms with van der Waals surface area (Å²) >= 11 is 0. The number of rotatable bonds is 4. The van der Waals surface area contributed by atoms with Crippen LogP contribution in [0.3, 0.4) is 0 Å². The van der Waals surface area contributed by atoms with E-state index in [0.717, 1.165) is 17.7 Å². The zero-order chi connectivity index (χ0) is 18.0. The third-order valence-corrected chi connectivity index (χ3v) is 3.57. The van der Waals surface area contributed by atoms with Crippen molar-refractivity contribution < 1.29 is 13.6 Å². The van der Waals surface area contributed by atoms with Crippen LogP contribution in [-0.2, 0) is 0 Å². The zero-order valence-corrected chi connectivity index (χ0v) is 13.0. The summed E-state index contributed by atoms with van der Waals surface area (Å²) in [6.45, 7) is 1.91. The van der Waals surface area contributed by atoms with Crippen molar-refractivity contribution in [2.45, 2.75) is 12.8 Å². The second kappa shape index (κ2) is 6.57. The van der Waals surface area contributed by atoms with Crippen LogP contribution < -0.4 is 0 Å². The smallest absolute Gasteiger partial charge is 0.188 e. The lowest BCUT2D eigenvalue weighted by Crippen LogP contribution is -2.17. The van der Waals surface area contributed by atoms with Crippen LogP contribution in [0.25, 0.3) is 5.69 Å². The molecule has 6 nitrogen and oxygen atoms in total. The van der Waals surface area contributed by atoms with Gasteiger partial charge in [-0.25, -0.2) is 8.78 Å². The van der Waals surface area contributed by atoms with Crippen LogP contribution in [-0.4, -0.2) is 26.0 Å². The van der Waals surface area contributed by atoms with E-state index in [1.807, 2.05) is 19.1 Å². The van der Waals surface area contributed by atoms with E-state index in [-0.39, 0.29) is 11.4 Å². The molecule has 0 bridgehead atoms. The molecule has 0 N–H and O–H groups in total. The quantitative estimate of drug-likeness (QED) is 0.682. The SMILES string of the molecule is Cc1ccc(-n2nnnc2C(C#N)C(=O)c2cc(F)cc(F)c2)cc1. The molecule has 25 heavy (non-hydrogen) atoms. The monoisotopic (exact) mass is 339 g/mol. The summed E-state index contributed by atoms with van der Waals surface area (Å²) in [5.41, 5.74) is 1.31. The number of Topliss-reactive ketones (excluding diaryl/α,β-unsaturated/α-hetero) is 1. The molecule has 1 heterocycles. The molecule has 0 amide bonds. The van der Waals surface area contributed by atoms with Crippen LogP contribution in [0.15, 0.2) is 42.5 Å². The number of tetrazole rings is 1. The largest absolute Gasteiger partial charge is 0.292 e. The normalized spacial score (nSPS) is 11.8. The Labute approximate surface area is 141 Å². The van der Waals surface area contributed by atoms with Gasteiger partial charge >= 0.3 is 0 Å². The minimum atomic E-state index is -1.41. The van der Waals surface area contributed by atoms with Gasteiger partial charge in [0.15, 0.2) is 17.5 Å².